The monoisotopic (exact) mass is 408 g/mol. The Balaban J connectivity index is 0. The van der Waals surface area contributed by atoms with E-state index in [0.717, 1.165) is 19.3 Å². The van der Waals surface area contributed by atoms with E-state index in [0.29, 0.717) is 11.3 Å². The Bertz CT molecular complexity index is 503. The minimum Gasteiger partial charge on any atom is -0.462 e. The standard InChI is InChI=1S/C20H39N3O3.ClH/c1-5-6-7-8-9-10-11-12-13-14-15-18(24)22-20(21)23(4)16-19(25)26-17(2)3;/h17H,5-16H2,1-4H3,(H2,21,22,24);1H/i4D3;. The number of guanidine groups is 1. The maximum atomic E-state index is 12.0. The number of hydrogen-bond donors (Lipinski definition) is 2. The summed E-state index contributed by atoms with van der Waals surface area (Å²) in [5.41, 5.74) is 0. The van der Waals surface area contributed by atoms with E-state index in [1.807, 2.05) is 0 Å². The molecule has 0 atom stereocenters. The van der Waals surface area contributed by atoms with Gasteiger partial charge in [-0.2, -0.15) is 0 Å². The largest absolute Gasteiger partial charge is 0.462 e. The van der Waals surface area contributed by atoms with Gasteiger partial charge in [0.25, 0.3) is 0 Å². The van der Waals surface area contributed by atoms with E-state index in [1.54, 1.807) is 13.8 Å². The highest BCUT2D eigenvalue weighted by Gasteiger charge is 2.14. The number of carbonyl (C=O) groups is 2. The lowest BCUT2D eigenvalue weighted by atomic mass is 10.1. The van der Waals surface area contributed by atoms with Crippen molar-refractivity contribution < 1.29 is 18.4 Å². The van der Waals surface area contributed by atoms with Crippen molar-refractivity contribution in [3.63, 3.8) is 0 Å². The molecule has 27 heavy (non-hydrogen) atoms. The molecule has 7 heteroatoms. The molecule has 0 aromatic carbocycles. The molecule has 0 saturated carbocycles. The average Bonchev–Trinajstić information content (AvgIpc) is 2.59. The Hall–Kier alpha value is -1.30. The van der Waals surface area contributed by atoms with Gasteiger partial charge in [-0.15, -0.1) is 12.4 Å². The smallest absolute Gasteiger partial charge is 0.325 e. The zero-order valence-electron chi connectivity index (χ0n) is 20.1. The lowest BCUT2D eigenvalue weighted by molar-refractivity contribution is -0.147. The number of carbonyl (C=O) groups excluding carboxylic acids is 2. The molecule has 0 radical (unpaired) electrons. The first-order valence-electron chi connectivity index (χ1n) is 11.4. The number of unbranched alkanes of at least 4 members (excludes halogenated alkanes) is 9. The highest BCUT2D eigenvalue weighted by Crippen LogP contribution is 2.11. The molecule has 0 aromatic heterocycles. The summed E-state index contributed by atoms with van der Waals surface area (Å²) in [5, 5.41) is 10.2. The van der Waals surface area contributed by atoms with Crippen LogP contribution < -0.4 is 5.32 Å². The van der Waals surface area contributed by atoms with Gasteiger partial charge in [0.1, 0.15) is 6.54 Å². The Kier molecular flexibility index (Phi) is 14.7. The highest BCUT2D eigenvalue weighted by molar-refractivity contribution is 5.96. The van der Waals surface area contributed by atoms with E-state index in [-0.39, 0.29) is 24.9 Å². The van der Waals surface area contributed by atoms with E-state index < -0.39 is 31.4 Å². The normalized spacial score (nSPS) is 12.4. The predicted octanol–water partition coefficient (Wildman–Crippen LogP) is 4.65. The van der Waals surface area contributed by atoms with Crippen molar-refractivity contribution in [2.45, 2.75) is 97.5 Å². The van der Waals surface area contributed by atoms with Crippen molar-refractivity contribution in [2.75, 3.05) is 13.5 Å². The molecule has 0 spiro atoms. The fourth-order valence-electron chi connectivity index (χ4n) is 2.54. The summed E-state index contributed by atoms with van der Waals surface area (Å²) in [4.78, 5) is 24.3. The summed E-state index contributed by atoms with van der Waals surface area (Å²) in [6.07, 6.45) is 11.3. The second-order valence-electron chi connectivity index (χ2n) is 6.95. The summed E-state index contributed by atoms with van der Waals surface area (Å²) in [5.74, 6) is -1.78. The highest BCUT2D eigenvalue weighted by atomic mass is 35.5. The number of rotatable bonds is 14. The molecule has 6 nitrogen and oxygen atoms in total. The van der Waals surface area contributed by atoms with Gasteiger partial charge in [0.15, 0.2) is 5.96 Å². The average molecular weight is 409 g/mol. The molecule has 0 aliphatic heterocycles. The second-order valence-corrected chi connectivity index (χ2v) is 6.95. The molecule has 0 aliphatic carbocycles. The predicted molar refractivity (Wildman–Crippen MR) is 113 cm³/mol. The van der Waals surface area contributed by atoms with Crippen molar-refractivity contribution in [3.05, 3.63) is 0 Å². The summed E-state index contributed by atoms with van der Waals surface area (Å²) < 4.78 is 27.4. The molecule has 0 fully saturated rings. The number of nitrogens with zero attached hydrogens (tertiary/aromatic N) is 1. The maximum Gasteiger partial charge on any atom is 0.325 e. The minimum atomic E-state index is -2.72. The quantitative estimate of drug-likeness (QED) is 0.189. The van der Waals surface area contributed by atoms with Crippen LogP contribution in [-0.2, 0) is 14.3 Å². The number of halogens is 1. The second kappa shape index (κ2) is 18.1. The first kappa shape index (κ1) is 22.0. The molecule has 0 saturated heterocycles. The molecular formula is C20H40ClN3O3. The van der Waals surface area contributed by atoms with Crippen LogP contribution in [0.15, 0.2) is 0 Å². The molecule has 1 amide bonds. The zero-order chi connectivity index (χ0) is 22.3. The maximum absolute atomic E-state index is 12.0. The third kappa shape index (κ3) is 17.9. The van der Waals surface area contributed by atoms with Crippen molar-refractivity contribution >= 4 is 30.2 Å². The number of amides is 1. The number of esters is 1. The lowest BCUT2D eigenvalue weighted by Crippen LogP contribution is -2.44. The third-order valence-electron chi connectivity index (χ3n) is 3.94. The van der Waals surface area contributed by atoms with Crippen molar-refractivity contribution in [2.24, 2.45) is 0 Å². The fourth-order valence-corrected chi connectivity index (χ4v) is 2.54. The van der Waals surface area contributed by atoms with Crippen molar-refractivity contribution in [1.82, 2.24) is 10.2 Å². The first-order chi connectivity index (χ1) is 13.6. The molecule has 0 unspecified atom stereocenters. The van der Waals surface area contributed by atoms with Gasteiger partial charge in [0, 0.05) is 17.5 Å². The van der Waals surface area contributed by atoms with Gasteiger partial charge in [0.2, 0.25) is 5.91 Å². The summed E-state index contributed by atoms with van der Waals surface area (Å²) in [7, 11) is 0. The Morgan fingerprint density at radius 2 is 1.56 bits per heavy atom. The van der Waals surface area contributed by atoms with Gasteiger partial charge in [-0.05, 0) is 20.3 Å². The molecule has 0 aliphatic rings. The van der Waals surface area contributed by atoms with E-state index in [1.165, 1.54) is 38.5 Å². The summed E-state index contributed by atoms with van der Waals surface area (Å²) >= 11 is 0. The van der Waals surface area contributed by atoms with Crippen LogP contribution in [0.25, 0.3) is 0 Å². The van der Waals surface area contributed by atoms with Gasteiger partial charge in [-0.3, -0.25) is 20.3 Å². The van der Waals surface area contributed by atoms with Crippen LogP contribution in [0.5, 0.6) is 0 Å². The van der Waals surface area contributed by atoms with Crippen molar-refractivity contribution in [3.8, 4) is 0 Å². The number of likely N-dealkylation sites (N-methyl/N-ethyl adjacent to an activating group) is 1. The minimum absolute atomic E-state index is 0. The van der Waals surface area contributed by atoms with E-state index >= 15 is 0 Å². The van der Waals surface area contributed by atoms with Gasteiger partial charge in [-0.1, -0.05) is 64.7 Å². The molecular weight excluding hydrogens is 366 g/mol. The molecule has 0 heterocycles. The molecule has 2 N–H and O–H groups in total. The van der Waals surface area contributed by atoms with Crippen LogP contribution >= 0.6 is 12.4 Å². The molecule has 0 aromatic rings. The van der Waals surface area contributed by atoms with E-state index in [9.17, 15) is 9.59 Å². The number of hydrogen-bond acceptors (Lipinski definition) is 4. The van der Waals surface area contributed by atoms with Gasteiger partial charge < -0.3 is 9.64 Å². The summed E-state index contributed by atoms with van der Waals surface area (Å²) in [6.45, 7) is 2.16. The Labute approximate surface area is 175 Å². The molecule has 160 valence electrons. The SMILES string of the molecule is Cl.[2H]C([2H])([2H])N(CC(=O)OC(C)C)C(=N)NC(=O)CCCCCCCCCCCC. The Morgan fingerprint density at radius 1 is 1.04 bits per heavy atom. The molecule has 0 rings (SSSR count). The molecule has 0 bridgehead atoms. The number of nitrogens with one attached hydrogen (secondary N) is 2. The summed E-state index contributed by atoms with van der Waals surface area (Å²) in [6, 6.07) is 0. The Morgan fingerprint density at radius 3 is 2.04 bits per heavy atom. The van der Waals surface area contributed by atoms with Crippen LogP contribution in [0.1, 0.15) is 95.5 Å². The lowest BCUT2D eigenvalue weighted by Gasteiger charge is -2.20. The van der Waals surface area contributed by atoms with Crippen LogP contribution in [0.3, 0.4) is 0 Å². The van der Waals surface area contributed by atoms with Gasteiger partial charge in [-0.25, -0.2) is 0 Å². The third-order valence-corrected chi connectivity index (χ3v) is 3.94. The van der Waals surface area contributed by atoms with Gasteiger partial charge in [0.05, 0.1) is 6.10 Å². The topological polar surface area (TPSA) is 82.5 Å². The van der Waals surface area contributed by atoms with E-state index in [4.69, 9.17) is 14.3 Å². The van der Waals surface area contributed by atoms with Gasteiger partial charge >= 0.3 is 5.97 Å². The zero-order valence-corrected chi connectivity index (χ0v) is 18.0. The van der Waals surface area contributed by atoms with Crippen LogP contribution in [-0.4, -0.2) is 42.4 Å². The first-order valence-corrected chi connectivity index (χ1v) is 9.93. The fraction of sp³-hybridized carbons (Fsp3) is 0.850. The van der Waals surface area contributed by atoms with Crippen LogP contribution in [0, 0.1) is 5.41 Å². The number of ether oxygens (including phenoxy) is 1. The van der Waals surface area contributed by atoms with Crippen LogP contribution in [0.4, 0.5) is 0 Å². The van der Waals surface area contributed by atoms with Crippen molar-refractivity contribution in [1.29, 1.82) is 5.41 Å². The van der Waals surface area contributed by atoms with Crippen LogP contribution in [0.2, 0.25) is 0 Å². The van der Waals surface area contributed by atoms with E-state index in [2.05, 4.69) is 12.2 Å².